The van der Waals surface area contributed by atoms with Gasteiger partial charge in [0.05, 0.1) is 0 Å². The second-order valence-electron chi connectivity index (χ2n) is 6.79. The average Bonchev–Trinajstić information content (AvgIpc) is 2.72. The molecule has 146 valence electrons. The van der Waals surface area contributed by atoms with Crippen LogP contribution in [0.3, 0.4) is 0 Å². The van der Waals surface area contributed by atoms with E-state index in [-0.39, 0.29) is 23.9 Å². The number of phenols is 2. The molecule has 0 radical (unpaired) electrons. The van der Waals surface area contributed by atoms with Gasteiger partial charge in [-0.05, 0) is 46.2 Å². The number of hydrogen-bond acceptors (Lipinski definition) is 6. The minimum Gasteiger partial charge on any atom is -0.508 e. The number of aliphatic hydroxyl groups excluding tert-OH is 1. The number of aliphatic hydroxyl groups is 1. The Morgan fingerprint density at radius 1 is 0.828 bits per heavy atom. The van der Waals surface area contributed by atoms with E-state index in [1.165, 1.54) is 0 Å². The summed E-state index contributed by atoms with van der Waals surface area (Å²) in [5.41, 5.74) is 0.334. The van der Waals surface area contributed by atoms with Crippen molar-refractivity contribution in [2.75, 3.05) is 0 Å². The Bertz CT molecular complexity index is 1400. The molecule has 0 aliphatic rings. The Labute approximate surface area is 164 Å². The fourth-order valence-corrected chi connectivity index (χ4v) is 3.54. The molecule has 5 aromatic rings. The van der Waals surface area contributed by atoms with Gasteiger partial charge in [-0.2, -0.15) is 0 Å². The molecule has 0 unspecified atom stereocenters. The summed E-state index contributed by atoms with van der Waals surface area (Å²) in [5.74, 6) is 0.221. The van der Waals surface area contributed by atoms with E-state index >= 15 is 0 Å². The third-order valence-electron chi connectivity index (χ3n) is 5.01. The SMILES string of the molecule is Cc1c(O)cc2cc(O)c3cccc4ccc1c2c43.O=c1cc(CO)occ1O. The number of phenolic OH excluding ortho intramolecular Hbond substituents is 2. The van der Waals surface area contributed by atoms with Crippen LogP contribution in [0.1, 0.15) is 11.3 Å². The molecule has 4 N–H and O–H groups in total. The topological polar surface area (TPSA) is 111 Å². The van der Waals surface area contributed by atoms with Crippen LogP contribution in [0.5, 0.6) is 17.2 Å². The molecular weight excluding hydrogens is 372 g/mol. The summed E-state index contributed by atoms with van der Waals surface area (Å²) in [4.78, 5) is 10.6. The van der Waals surface area contributed by atoms with E-state index in [4.69, 9.17) is 10.2 Å². The first-order chi connectivity index (χ1) is 13.9. The molecule has 0 bridgehead atoms. The molecule has 1 aromatic heterocycles. The first kappa shape index (κ1) is 18.6. The summed E-state index contributed by atoms with van der Waals surface area (Å²) in [5, 5.41) is 43.3. The number of hydrogen-bond donors (Lipinski definition) is 4. The maximum absolute atomic E-state index is 10.6. The van der Waals surface area contributed by atoms with Crippen molar-refractivity contribution in [2.24, 2.45) is 0 Å². The molecular formula is C23H18O6. The Hall–Kier alpha value is -3.77. The molecule has 5 rings (SSSR count). The summed E-state index contributed by atoms with van der Waals surface area (Å²) < 4.78 is 4.59. The van der Waals surface area contributed by atoms with Crippen molar-refractivity contribution in [2.45, 2.75) is 13.5 Å². The molecule has 4 aromatic carbocycles. The summed E-state index contributed by atoms with van der Waals surface area (Å²) in [6.45, 7) is 1.58. The number of rotatable bonds is 1. The number of aryl methyl sites for hydroxylation is 1. The molecule has 0 saturated heterocycles. The average molecular weight is 390 g/mol. The first-order valence-electron chi connectivity index (χ1n) is 8.91. The predicted molar refractivity (Wildman–Crippen MR) is 111 cm³/mol. The molecule has 29 heavy (non-hydrogen) atoms. The van der Waals surface area contributed by atoms with E-state index < -0.39 is 11.2 Å². The van der Waals surface area contributed by atoms with Crippen molar-refractivity contribution in [3.05, 3.63) is 76.3 Å². The Morgan fingerprint density at radius 3 is 2.28 bits per heavy atom. The van der Waals surface area contributed by atoms with Crippen LogP contribution in [-0.2, 0) is 6.61 Å². The van der Waals surface area contributed by atoms with Crippen molar-refractivity contribution >= 4 is 32.3 Å². The van der Waals surface area contributed by atoms with Gasteiger partial charge in [-0.25, -0.2) is 0 Å². The van der Waals surface area contributed by atoms with Gasteiger partial charge in [0.25, 0.3) is 0 Å². The van der Waals surface area contributed by atoms with E-state index in [0.29, 0.717) is 0 Å². The van der Waals surface area contributed by atoms with E-state index in [1.807, 2.05) is 37.3 Å². The van der Waals surface area contributed by atoms with Crippen LogP contribution in [0, 0.1) is 6.92 Å². The Balaban J connectivity index is 0.000000174. The lowest BCUT2D eigenvalue weighted by Gasteiger charge is -2.14. The van der Waals surface area contributed by atoms with Crippen molar-refractivity contribution in [3.63, 3.8) is 0 Å². The van der Waals surface area contributed by atoms with Gasteiger partial charge in [0.2, 0.25) is 5.43 Å². The second-order valence-corrected chi connectivity index (χ2v) is 6.79. The van der Waals surface area contributed by atoms with Gasteiger partial charge < -0.3 is 24.8 Å². The van der Waals surface area contributed by atoms with Crippen LogP contribution in [0.2, 0.25) is 0 Å². The van der Waals surface area contributed by atoms with E-state index in [9.17, 15) is 15.0 Å². The highest BCUT2D eigenvalue weighted by Gasteiger charge is 2.14. The molecule has 6 heteroatoms. The highest BCUT2D eigenvalue weighted by Crippen LogP contribution is 2.42. The normalized spacial score (nSPS) is 11.1. The van der Waals surface area contributed by atoms with Crippen LogP contribution in [0.15, 0.2) is 64.0 Å². The van der Waals surface area contributed by atoms with Crippen LogP contribution >= 0.6 is 0 Å². The van der Waals surface area contributed by atoms with Crippen LogP contribution in [0.25, 0.3) is 32.3 Å². The second kappa shape index (κ2) is 7.00. The molecule has 1 heterocycles. The standard InChI is InChI=1S/C17H12O2.C6H6O4/c1-9-12-6-5-10-3-2-4-13-15(19)8-11(7-14(9)18)17(12)16(10)13;7-2-4-1-5(8)6(9)3-10-4/h2-8,18-19H,1H3;1,3,7,9H,2H2. The fourth-order valence-electron chi connectivity index (χ4n) is 3.54. The van der Waals surface area contributed by atoms with Crippen molar-refractivity contribution in [1.29, 1.82) is 0 Å². The number of benzene rings is 4. The van der Waals surface area contributed by atoms with Crippen molar-refractivity contribution < 1.29 is 24.8 Å². The molecule has 0 amide bonds. The van der Waals surface area contributed by atoms with Gasteiger partial charge in [0, 0.05) is 16.8 Å². The number of aromatic hydroxyl groups is 3. The van der Waals surface area contributed by atoms with Crippen molar-refractivity contribution in [1.82, 2.24) is 0 Å². The molecule has 0 fully saturated rings. The molecule has 0 spiro atoms. The molecule has 0 saturated carbocycles. The monoisotopic (exact) mass is 390 g/mol. The van der Waals surface area contributed by atoms with Gasteiger partial charge in [-0.3, -0.25) is 4.79 Å². The maximum atomic E-state index is 10.6. The lowest BCUT2D eigenvalue weighted by Crippen LogP contribution is -1.99. The molecule has 0 aliphatic heterocycles. The zero-order valence-electron chi connectivity index (χ0n) is 15.5. The van der Waals surface area contributed by atoms with E-state index in [1.54, 1.807) is 12.1 Å². The third kappa shape index (κ3) is 3.09. The highest BCUT2D eigenvalue weighted by atomic mass is 16.4. The quantitative estimate of drug-likeness (QED) is 0.320. The van der Waals surface area contributed by atoms with Gasteiger partial charge in [-0.1, -0.05) is 30.3 Å². The van der Waals surface area contributed by atoms with Gasteiger partial charge in [-0.15, -0.1) is 0 Å². The van der Waals surface area contributed by atoms with Crippen LogP contribution in [-0.4, -0.2) is 20.4 Å². The predicted octanol–water partition coefficient (Wildman–Crippen LogP) is 4.14. The zero-order valence-corrected chi connectivity index (χ0v) is 15.5. The van der Waals surface area contributed by atoms with E-state index in [0.717, 1.165) is 50.2 Å². The van der Waals surface area contributed by atoms with E-state index in [2.05, 4.69) is 4.42 Å². The minimum atomic E-state index is -0.546. The third-order valence-corrected chi connectivity index (χ3v) is 5.01. The molecule has 6 nitrogen and oxygen atoms in total. The molecule has 0 atom stereocenters. The van der Waals surface area contributed by atoms with Gasteiger partial charge >= 0.3 is 0 Å². The first-order valence-corrected chi connectivity index (χ1v) is 8.91. The summed E-state index contributed by atoms with van der Waals surface area (Å²) in [7, 11) is 0. The fraction of sp³-hybridized carbons (Fsp3) is 0.0870. The highest BCUT2D eigenvalue weighted by molar-refractivity contribution is 6.25. The molecule has 0 aliphatic carbocycles. The Morgan fingerprint density at radius 2 is 1.55 bits per heavy atom. The Kier molecular flexibility index (Phi) is 4.48. The maximum Gasteiger partial charge on any atom is 0.226 e. The lowest BCUT2D eigenvalue weighted by molar-refractivity contribution is 0.241. The van der Waals surface area contributed by atoms with Crippen LogP contribution < -0.4 is 5.43 Å². The lowest BCUT2D eigenvalue weighted by atomic mass is 9.91. The van der Waals surface area contributed by atoms with Crippen LogP contribution in [0.4, 0.5) is 0 Å². The summed E-state index contributed by atoms with van der Waals surface area (Å²) in [6.07, 6.45) is 0.897. The summed E-state index contributed by atoms with van der Waals surface area (Å²) in [6, 6.07) is 14.5. The minimum absolute atomic E-state index is 0.141. The van der Waals surface area contributed by atoms with Gasteiger partial charge in [0.15, 0.2) is 5.75 Å². The smallest absolute Gasteiger partial charge is 0.226 e. The zero-order chi connectivity index (χ0) is 20.7. The van der Waals surface area contributed by atoms with Gasteiger partial charge in [0.1, 0.15) is 30.1 Å². The summed E-state index contributed by atoms with van der Waals surface area (Å²) >= 11 is 0. The van der Waals surface area contributed by atoms with Crippen molar-refractivity contribution in [3.8, 4) is 17.2 Å². The largest absolute Gasteiger partial charge is 0.508 e.